The van der Waals surface area contributed by atoms with Crippen LogP contribution >= 0.6 is 0 Å². The van der Waals surface area contributed by atoms with Crippen molar-refractivity contribution in [1.29, 1.82) is 0 Å². The quantitative estimate of drug-likeness (QED) is 0.917. The summed E-state index contributed by atoms with van der Waals surface area (Å²) in [5, 5.41) is 0. The minimum atomic E-state index is -0.267. The molecule has 0 amide bonds. The van der Waals surface area contributed by atoms with Crippen molar-refractivity contribution < 1.29 is 4.74 Å². The van der Waals surface area contributed by atoms with Crippen molar-refractivity contribution in [3.63, 3.8) is 0 Å². The van der Waals surface area contributed by atoms with E-state index in [-0.39, 0.29) is 6.04 Å². The number of ether oxygens (including phenoxy) is 1. The van der Waals surface area contributed by atoms with Gasteiger partial charge in [-0.2, -0.15) is 0 Å². The van der Waals surface area contributed by atoms with Gasteiger partial charge < -0.3 is 10.5 Å². The largest absolute Gasteiger partial charge is 0.481 e. The highest BCUT2D eigenvalue weighted by Crippen LogP contribution is 2.25. The van der Waals surface area contributed by atoms with Crippen LogP contribution in [-0.4, -0.2) is 17.1 Å². The lowest BCUT2D eigenvalue weighted by atomic mass is 9.94. The van der Waals surface area contributed by atoms with Crippen molar-refractivity contribution in [1.82, 2.24) is 9.97 Å². The molecular formula is C15H19N3O. The van der Waals surface area contributed by atoms with E-state index in [0.717, 1.165) is 11.3 Å². The molecule has 0 aliphatic heterocycles. The second kappa shape index (κ2) is 5.36. The Kier molecular flexibility index (Phi) is 3.81. The van der Waals surface area contributed by atoms with Gasteiger partial charge in [-0.05, 0) is 43.0 Å². The number of hydrogen-bond donors (Lipinski definition) is 1. The standard InChI is InChI=1S/C15H19N3O/c1-9-5-11(3)12(6-10(9)2)15(16)13-7-14(19-4)18-8-17-13/h5-8,15H,16H2,1-4H3. The van der Waals surface area contributed by atoms with Gasteiger partial charge in [-0.15, -0.1) is 0 Å². The van der Waals surface area contributed by atoms with Gasteiger partial charge >= 0.3 is 0 Å². The SMILES string of the molecule is COc1cc(C(N)c2cc(C)c(C)cc2C)ncn1. The van der Waals surface area contributed by atoms with E-state index in [1.54, 1.807) is 13.2 Å². The van der Waals surface area contributed by atoms with Gasteiger partial charge in [0.15, 0.2) is 0 Å². The first-order chi connectivity index (χ1) is 9.02. The third-order valence-electron chi connectivity index (χ3n) is 3.41. The van der Waals surface area contributed by atoms with Crippen LogP contribution in [0.3, 0.4) is 0 Å². The molecule has 100 valence electrons. The predicted molar refractivity (Wildman–Crippen MR) is 75.3 cm³/mol. The van der Waals surface area contributed by atoms with E-state index in [2.05, 4.69) is 42.9 Å². The Hall–Kier alpha value is -1.94. The first kappa shape index (κ1) is 13.5. The molecule has 0 bridgehead atoms. The van der Waals surface area contributed by atoms with E-state index in [9.17, 15) is 0 Å². The summed E-state index contributed by atoms with van der Waals surface area (Å²) in [6.07, 6.45) is 1.48. The Morgan fingerprint density at radius 2 is 1.68 bits per heavy atom. The molecule has 2 rings (SSSR count). The molecule has 1 heterocycles. The number of hydrogen-bond acceptors (Lipinski definition) is 4. The zero-order valence-corrected chi connectivity index (χ0v) is 11.8. The molecule has 0 fully saturated rings. The molecule has 4 nitrogen and oxygen atoms in total. The first-order valence-electron chi connectivity index (χ1n) is 6.22. The topological polar surface area (TPSA) is 61.0 Å². The van der Waals surface area contributed by atoms with Crippen molar-refractivity contribution in [2.24, 2.45) is 5.73 Å². The van der Waals surface area contributed by atoms with Crippen molar-refractivity contribution in [2.75, 3.05) is 7.11 Å². The fourth-order valence-corrected chi connectivity index (χ4v) is 2.11. The third-order valence-corrected chi connectivity index (χ3v) is 3.41. The van der Waals surface area contributed by atoms with E-state index in [1.807, 2.05) is 0 Å². The fourth-order valence-electron chi connectivity index (χ4n) is 2.11. The van der Waals surface area contributed by atoms with Gasteiger partial charge in [0.05, 0.1) is 18.8 Å². The van der Waals surface area contributed by atoms with Crippen molar-refractivity contribution >= 4 is 0 Å². The van der Waals surface area contributed by atoms with Crippen LogP contribution in [-0.2, 0) is 0 Å². The number of benzene rings is 1. The summed E-state index contributed by atoms with van der Waals surface area (Å²) in [7, 11) is 1.58. The average molecular weight is 257 g/mol. The fraction of sp³-hybridized carbons (Fsp3) is 0.333. The molecule has 0 saturated carbocycles. The number of rotatable bonds is 3. The van der Waals surface area contributed by atoms with Crippen LogP contribution in [0.25, 0.3) is 0 Å². The molecular weight excluding hydrogens is 238 g/mol. The third kappa shape index (κ3) is 2.74. The highest BCUT2D eigenvalue weighted by molar-refractivity contribution is 5.41. The summed E-state index contributed by atoms with van der Waals surface area (Å²) < 4.78 is 5.11. The molecule has 1 unspecified atom stereocenters. The minimum absolute atomic E-state index is 0.267. The number of methoxy groups -OCH3 is 1. The second-order valence-electron chi connectivity index (χ2n) is 4.76. The molecule has 4 heteroatoms. The van der Waals surface area contributed by atoms with E-state index in [1.165, 1.54) is 23.0 Å². The van der Waals surface area contributed by atoms with Crippen LogP contribution in [0, 0.1) is 20.8 Å². The summed E-state index contributed by atoms with van der Waals surface area (Å²) in [5.74, 6) is 0.530. The maximum atomic E-state index is 6.31. The van der Waals surface area contributed by atoms with Crippen LogP contribution in [0.2, 0.25) is 0 Å². The minimum Gasteiger partial charge on any atom is -0.481 e. The Labute approximate surface area is 113 Å². The lowest BCUT2D eigenvalue weighted by Crippen LogP contribution is -2.15. The maximum Gasteiger partial charge on any atom is 0.216 e. The van der Waals surface area contributed by atoms with Crippen LogP contribution in [0.4, 0.5) is 0 Å². The van der Waals surface area contributed by atoms with Crippen LogP contribution in [0.1, 0.15) is 34.0 Å². The van der Waals surface area contributed by atoms with Gasteiger partial charge in [-0.3, -0.25) is 0 Å². The average Bonchev–Trinajstić information content (AvgIpc) is 2.42. The highest BCUT2D eigenvalue weighted by atomic mass is 16.5. The lowest BCUT2D eigenvalue weighted by Gasteiger charge is -2.16. The normalized spacial score (nSPS) is 12.3. The van der Waals surface area contributed by atoms with Crippen LogP contribution in [0.5, 0.6) is 5.88 Å². The molecule has 0 saturated heterocycles. The van der Waals surface area contributed by atoms with Crippen LogP contribution < -0.4 is 10.5 Å². The monoisotopic (exact) mass is 257 g/mol. The zero-order valence-electron chi connectivity index (χ0n) is 11.8. The maximum absolute atomic E-state index is 6.31. The van der Waals surface area contributed by atoms with Crippen molar-refractivity contribution in [3.05, 3.63) is 52.5 Å². The second-order valence-corrected chi connectivity index (χ2v) is 4.76. The number of aryl methyl sites for hydroxylation is 3. The summed E-state index contributed by atoms with van der Waals surface area (Å²) in [4.78, 5) is 8.24. The molecule has 1 aromatic heterocycles. The smallest absolute Gasteiger partial charge is 0.216 e. The number of nitrogens with two attached hydrogens (primary N) is 1. The molecule has 1 atom stereocenters. The predicted octanol–water partition coefficient (Wildman–Crippen LogP) is 2.46. The van der Waals surface area contributed by atoms with Crippen molar-refractivity contribution in [2.45, 2.75) is 26.8 Å². The molecule has 19 heavy (non-hydrogen) atoms. The van der Waals surface area contributed by atoms with Gasteiger partial charge in [-0.1, -0.05) is 12.1 Å². The number of aromatic nitrogens is 2. The Morgan fingerprint density at radius 1 is 1.00 bits per heavy atom. The molecule has 0 spiro atoms. The van der Waals surface area contributed by atoms with E-state index in [4.69, 9.17) is 10.5 Å². The molecule has 0 radical (unpaired) electrons. The van der Waals surface area contributed by atoms with Gasteiger partial charge in [0.1, 0.15) is 6.33 Å². The van der Waals surface area contributed by atoms with Gasteiger partial charge in [0.25, 0.3) is 0 Å². The summed E-state index contributed by atoms with van der Waals surface area (Å²) >= 11 is 0. The first-order valence-corrected chi connectivity index (χ1v) is 6.22. The molecule has 0 aliphatic rings. The summed E-state index contributed by atoms with van der Waals surface area (Å²) in [5.41, 5.74) is 11.8. The van der Waals surface area contributed by atoms with Crippen molar-refractivity contribution in [3.8, 4) is 5.88 Å². The summed E-state index contributed by atoms with van der Waals surface area (Å²) in [6, 6.07) is 5.79. The Bertz CT molecular complexity index is 596. The highest BCUT2D eigenvalue weighted by Gasteiger charge is 2.15. The Balaban J connectivity index is 2.43. The number of nitrogens with zero attached hydrogens (tertiary/aromatic N) is 2. The van der Waals surface area contributed by atoms with E-state index >= 15 is 0 Å². The lowest BCUT2D eigenvalue weighted by molar-refractivity contribution is 0.395. The van der Waals surface area contributed by atoms with Gasteiger partial charge in [0.2, 0.25) is 5.88 Å². The van der Waals surface area contributed by atoms with Gasteiger partial charge in [0, 0.05) is 6.07 Å². The van der Waals surface area contributed by atoms with Gasteiger partial charge in [-0.25, -0.2) is 9.97 Å². The molecule has 2 N–H and O–H groups in total. The van der Waals surface area contributed by atoms with E-state index in [0.29, 0.717) is 5.88 Å². The summed E-state index contributed by atoms with van der Waals surface area (Å²) in [6.45, 7) is 6.26. The molecule has 1 aromatic carbocycles. The van der Waals surface area contributed by atoms with Crippen LogP contribution in [0.15, 0.2) is 24.5 Å². The Morgan fingerprint density at radius 3 is 2.37 bits per heavy atom. The molecule has 2 aromatic rings. The zero-order chi connectivity index (χ0) is 14.0. The molecule has 0 aliphatic carbocycles. The van der Waals surface area contributed by atoms with E-state index < -0.39 is 0 Å².